The van der Waals surface area contributed by atoms with E-state index in [1.165, 1.54) is 28.1 Å². The van der Waals surface area contributed by atoms with Gasteiger partial charge in [0.05, 0.1) is 28.8 Å². The zero-order valence-electron chi connectivity index (χ0n) is 16.3. The summed E-state index contributed by atoms with van der Waals surface area (Å²) in [5, 5.41) is 20.9. The molecule has 1 N–H and O–H groups in total. The Kier molecular flexibility index (Phi) is 5.79. The lowest BCUT2D eigenvalue weighted by atomic mass is 9.86. The van der Waals surface area contributed by atoms with Gasteiger partial charge >= 0.3 is 0 Å². The molecule has 2 atom stereocenters. The zero-order valence-corrected chi connectivity index (χ0v) is 17.8. The van der Waals surface area contributed by atoms with Crippen LogP contribution >= 0.6 is 23.2 Å². The topological polar surface area (TPSA) is 68.8 Å². The Hall–Kier alpha value is -2.81. The minimum absolute atomic E-state index is 0.0801. The molecule has 4 aromatic rings. The number of hydrogen-bond acceptors (Lipinski definition) is 4. The van der Waals surface area contributed by atoms with Gasteiger partial charge in [-0.05, 0) is 30.7 Å². The van der Waals surface area contributed by atoms with Gasteiger partial charge in [-0.3, -0.25) is 4.68 Å². The fourth-order valence-corrected chi connectivity index (χ4v) is 3.74. The SMILES string of the molecule is C[C@@H](n1cc(-c2ccc(Cl)c(Cl)c2)cn1)[C@](O)(Cn1cncn1)c1ccc(F)cc1F. The van der Waals surface area contributed by atoms with Crippen molar-refractivity contribution in [1.29, 1.82) is 0 Å². The summed E-state index contributed by atoms with van der Waals surface area (Å²) < 4.78 is 31.1. The van der Waals surface area contributed by atoms with E-state index in [1.807, 2.05) is 0 Å². The Balaban J connectivity index is 1.75. The Labute approximate surface area is 186 Å². The van der Waals surface area contributed by atoms with Gasteiger partial charge in [0, 0.05) is 23.4 Å². The minimum Gasteiger partial charge on any atom is -0.381 e. The number of nitrogens with zero attached hydrogens (tertiary/aromatic N) is 5. The van der Waals surface area contributed by atoms with Gasteiger partial charge in [0.2, 0.25) is 0 Å². The number of aliphatic hydroxyl groups is 1. The summed E-state index contributed by atoms with van der Waals surface area (Å²) in [7, 11) is 0. The second kappa shape index (κ2) is 8.37. The van der Waals surface area contributed by atoms with Gasteiger partial charge < -0.3 is 5.11 Å². The van der Waals surface area contributed by atoms with Gasteiger partial charge in [0.25, 0.3) is 0 Å². The molecule has 0 saturated heterocycles. The molecule has 0 aliphatic rings. The van der Waals surface area contributed by atoms with Crippen molar-refractivity contribution in [3.63, 3.8) is 0 Å². The van der Waals surface area contributed by atoms with Crippen molar-refractivity contribution >= 4 is 23.2 Å². The van der Waals surface area contributed by atoms with Gasteiger partial charge in [-0.15, -0.1) is 0 Å². The first-order valence-corrected chi connectivity index (χ1v) is 10.0. The molecule has 6 nitrogen and oxygen atoms in total. The second-order valence-corrected chi connectivity index (χ2v) is 7.97. The zero-order chi connectivity index (χ0) is 22.2. The summed E-state index contributed by atoms with van der Waals surface area (Å²) in [5.41, 5.74) is -0.385. The van der Waals surface area contributed by atoms with Crippen LogP contribution < -0.4 is 0 Å². The first kappa shape index (κ1) is 21.4. The summed E-state index contributed by atoms with van der Waals surface area (Å²) in [6, 6.07) is 7.48. The minimum atomic E-state index is -1.81. The molecule has 4 rings (SSSR count). The van der Waals surface area contributed by atoms with E-state index in [0.29, 0.717) is 10.0 Å². The molecule has 0 amide bonds. The molecule has 2 aromatic heterocycles. The molecule has 0 saturated carbocycles. The highest BCUT2D eigenvalue weighted by Crippen LogP contribution is 2.37. The van der Waals surface area contributed by atoms with E-state index in [-0.39, 0.29) is 12.1 Å². The Bertz CT molecular complexity index is 1210. The molecule has 0 unspecified atom stereocenters. The van der Waals surface area contributed by atoms with Crippen LogP contribution in [0.25, 0.3) is 11.1 Å². The van der Waals surface area contributed by atoms with Crippen molar-refractivity contribution in [2.45, 2.75) is 25.1 Å². The lowest BCUT2D eigenvalue weighted by molar-refractivity contribution is -0.0368. The maximum atomic E-state index is 14.7. The molecule has 2 heterocycles. The van der Waals surface area contributed by atoms with Crippen molar-refractivity contribution in [1.82, 2.24) is 24.5 Å². The van der Waals surface area contributed by atoms with Gasteiger partial charge in [-0.2, -0.15) is 10.2 Å². The predicted molar refractivity (Wildman–Crippen MR) is 113 cm³/mol. The van der Waals surface area contributed by atoms with Crippen LogP contribution in [0.15, 0.2) is 61.4 Å². The van der Waals surface area contributed by atoms with Crippen LogP contribution in [0.5, 0.6) is 0 Å². The van der Waals surface area contributed by atoms with E-state index in [2.05, 4.69) is 15.2 Å². The standard InChI is InChI=1S/C21H17Cl2F2N5O/c1-13(30-9-15(8-27-30)14-2-5-18(22)19(23)6-14)21(31,10-29-12-26-11-28-29)17-4-3-16(24)7-20(17)25/h2-9,11-13,31H,10H2,1H3/t13-,21-/m1/s1. The Morgan fingerprint density at radius 1 is 1.06 bits per heavy atom. The molecule has 0 aliphatic carbocycles. The third kappa shape index (κ3) is 4.19. The quantitative estimate of drug-likeness (QED) is 0.442. The third-order valence-corrected chi connectivity index (χ3v) is 5.95. The van der Waals surface area contributed by atoms with E-state index in [9.17, 15) is 13.9 Å². The monoisotopic (exact) mass is 463 g/mol. The lowest BCUT2D eigenvalue weighted by Crippen LogP contribution is -2.40. The average Bonchev–Trinajstić information content (AvgIpc) is 3.41. The normalized spacial score (nSPS) is 14.4. The highest BCUT2D eigenvalue weighted by atomic mass is 35.5. The summed E-state index contributed by atoms with van der Waals surface area (Å²) >= 11 is 12.1. The van der Waals surface area contributed by atoms with Crippen molar-refractivity contribution in [3.8, 4) is 11.1 Å². The summed E-state index contributed by atoms with van der Waals surface area (Å²) in [4.78, 5) is 3.87. The molecule has 0 fully saturated rings. The van der Waals surface area contributed by atoms with E-state index in [1.54, 1.807) is 37.5 Å². The molecule has 0 spiro atoms. The molecular formula is C21H17Cl2F2N5O. The van der Waals surface area contributed by atoms with E-state index in [0.717, 1.165) is 23.3 Å². The Morgan fingerprint density at radius 2 is 1.87 bits per heavy atom. The smallest absolute Gasteiger partial charge is 0.137 e. The highest BCUT2D eigenvalue weighted by Gasteiger charge is 2.40. The van der Waals surface area contributed by atoms with Crippen LogP contribution in [0.4, 0.5) is 8.78 Å². The average molecular weight is 464 g/mol. The lowest BCUT2D eigenvalue weighted by Gasteiger charge is -2.34. The van der Waals surface area contributed by atoms with Gasteiger partial charge in [0.1, 0.15) is 29.9 Å². The predicted octanol–water partition coefficient (Wildman–Crippen LogP) is 4.88. The Morgan fingerprint density at radius 3 is 2.55 bits per heavy atom. The third-order valence-electron chi connectivity index (χ3n) is 5.21. The maximum Gasteiger partial charge on any atom is 0.137 e. The van der Waals surface area contributed by atoms with Crippen LogP contribution in [0, 0.1) is 11.6 Å². The molecule has 0 bridgehead atoms. The molecule has 2 aromatic carbocycles. The number of rotatable bonds is 6. The number of hydrogen-bond donors (Lipinski definition) is 1. The van der Waals surface area contributed by atoms with Crippen LogP contribution in [0.1, 0.15) is 18.5 Å². The largest absolute Gasteiger partial charge is 0.381 e. The summed E-state index contributed by atoms with van der Waals surface area (Å²) in [6.45, 7) is 1.56. The summed E-state index contributed by atoms with van der Waals surface area (Å²) in [5.74, 6) is -1.61. The maximum absolute atomic E-state index is 14.7. The van der Waals surface area contributed by atoms with Gasteiger partial charge in [-0.25, -0.2) is 18.4 Å². The van der Waals surface area contributed by atoms with E-state index in [4.69, 9.17) is 23.2 Å². The fourth-order valence-electron chi connectivity index (χ4n) is 3.44. The van der Waals surface area contributed by atoms with Crippen molar-refractivity contribution in [2.24, 2.45) is 0 Å². The molecule has 0 aliphatic heterocycles. The fraction of sp³-hybridized carbons (Fsp3) is 0.190. The van der Waals surface area contributed by atoms with Crippen LogP contribution in [0.3, 0.4) is 0 Å². The molecular weight excluding hydrogens is 447 g/mol. The van der Waals surface area contributed by atoms with Crippen LogP contribution in [-0.2, 0) is 12.1 Å². The highest BCUT2D eigenvalue weighted by molar-refractivity contribution is 6.42. The van der Waals surface area contributed by atoms with Crippen LogP contribution in [0.2, 0.25) is 10.0 Å². The molecule has 160 valence electrons. The van der Waals surface area contributed by atoms with E-state index >= 15 is 0 Å². The van der Waals surface area contributed by atoms with Gasteiger partial charge in [-0.1, -0.05) is 35.3 Å². The van der Waals surface area contributed by atoms with Crippen molar-refractivity contribution < 1.29 is 13.9 Å². The molecule has 31 heavy (non-hydrogen) atoms. The first-order chi connectivity index (χ1) is 14.8. The van der Waals surface area contributed by atoms with E-state index < -0.39 is 23.3 Å². The first-order valence-electron chi connectivity index (χ1n) is 9.28. The number of halogens is 4. The number of benzene rings is 2. The van der Waals surface area contributed by atoms with Crippen molar-refractivity contribution in [3.05, 3.63) is 88.7 Å². The van der Waals surface area contributed by atoms with Crippen molar-refractivity contribution in [2.75, 3.05) is 0 Å². The van der Waals surface area contributed by atoms with Crippen LogP contribution in [-0.4, -0.2) is 29.7 Å². The second-order valence-electron chi connectivity index (χ2n) is 7.16. The summed E-state index contributed by atoms with van der Waals surface area (Å²) in [6.07, 6.45) is 6.02. The molecule has 10 heteroatoms. The molecule has 0 radical (unpaired) electrons. The number of aromatic nitrogens is 5. The van der Waals surface area contributed by atoms with Gasteiger partial charge in [0.15, 0.2) is 0 Å².